The van der Waals surface area contributed by atoms with E-state index in [0.29, 0.717) is 6.54 Å². The Morgan fingerprint density at radius 3 is 2.14 bits per heavy atom. The van der Waals surface area contributed by atoms with Gasteiger partial charge >= 0.3 is 0 Å². The van der Waals surface area contributed by atoms with Crippen LogP contribution in [0, 0.1) is 6.92 Å². The van der Waals surface area contributed by atoms with Crippen LogP contribution in [-0.2, 0) is 4.79 Å². The first-order valence-corrected chi connectivity index (χ1v) is 13.5. The molecule has 5 heteroatoms. The Morgan fingerprint density at radius 1 is 1.08 bits per heavy atom. The standard InChI is InChI=1S/C14H14S.C12H19NO.C3H8.C2H4O.H2O.H2/c1-11-6-8-12(9-7-11)13-4-3-5-14(10-13)15-2;1-4-11-7-5-6-8-12(11)13(3)9-10(2)14;1-3-2;1-2-3;;/h3-10H,1-2H3;4H,1,5-9H2,2-3H3;3H2,1-2H3;2-3H,1H2;1H2;1H. The van der Waals surface area contributed by atoms with E-state index in [0.717, 1.165) is 19.1 Å². The number of aryl methyl sites for hydroxylation is 1. The highest BCUT2D eigenvalue weighted by atomic mass is 32.2. The molecule has 2 aromatic carbocycles. The van der Waals surface area contributed by atoms with E-state index >= 15 is 0 Å². The first-order chi connectivity index (χ1) is 16.8. The van der Waals surface area contributed by atoms with Gasteiger partial charge < -0.3 is 15.5 Å². The molecule has 36 heavy (non-hydrogen) atoms. The molecule has 2 aromatic rings. The van der Waals surface area contributed by atoms with Gasteiger partial charge in [-0.3, -0.25) is 4.79 Å². The largest absolute Gasteiger partial charge is 0.516 e. The molecule has 0 aromatic heterocycles. The number of carbonyl (C=O) groups is 1. The molecule has 1 aliphatic carbocycles. The number of likely N-dealkylation sites (N-methyl/N-ethyl adjacent to an activating group) is 1. The van der Waals surface area contributed by atoms with Crippen molar-refractivity contribution in [3.63, 3.8) is 0 Å². The highest BCUT2D eigenvalue weighted by molar-refractivity contribution is 7.98. The van der Waals surface area contributed by atoms with Gasteiger partial charge in [0.25, 0.3) is 0 Å². The number of ketones is 1. The van der Waals surface area contributed by atoms with Gasteiger partial charge in [-0.1, -0.05) is 81.5 Å². The van der Waals surface area contributed by atoms with Gasteiger partial charge in [0.05, 0.1) is 12.8 Å². The summed E-state index contributed by atoms with van der Waals surface area (Å²) < 4.78 is 0. The molecule has 0 unspecified atom stereocenters. The van der Waals surface area contributed by atoms with Gasteiger partial charge in [-0.05, 0) is 74.6 Å². The van der Waals surface area contributed by atoms with E-state index in [-0.39, 0.29) is 12.7 Å². The second kappa shape index (κ2) is 21.5. The number of hydrogen-bond acceptors (Lipinski definition) is 4. The monoisotopic (exact) mass is 515 g/mol. The zero-order chi connectivity index (χ0) is 26.6. The van der Waals surface area contributed by atoms with Crippen molar-refractivity contribution in [1.29, 1.82) is 0 Å². The second-order valence-corrected chi connectivity index (χ2v) is 9.31. The summed E-state index contributed by atoms with van der Waals surface area (Å²) in [4.78, 5) is 14.4. The molecule has 0 saturated heterocycles. The molecule has 0 bridgehead atoms. The molecule has 0 fully saturated rings. The minimum absolute atomic E-state index is 0. The SMILES string of the molecule is C=CC1=C(N(C)CC(C)=O)CCCC1.C=CO.CCC.CSc1cccc(-c2ccc(C)cc2)c1.O.[HH]. The minimum Gasteiger partial charge on any atom is -0.516 e. The lowest BCUT2D eigenvalue weighted by molar-refractivity contribution is -0.117. The molecule has 0 heterocycles. The van der Waals surface area contributed by atoms with Crippen LogP contribution in [0.5, 0.6) is 0 Å². The maximum Gasteiger partial charge on any atom is 0.149 e. The summed E-state index contributed by atoms with van der Waals surface area (Å²) in [5, 5.41) is 7.33. The summed E-state index contributed by atoms with van der Waals surface area (Å²) in [6.45, 7) is 15.3. The van der Waals surface area contributed by atoms with Crippen molar-refractivity contribution < 1.29 is 16.8 Å². The van der Waals surface area contributed by atoms with Crippen LogP contribution in [0.4, 0.5) is 0 Å². The molecule has 4 nitrogen and oxygen atoms in total. The van der Waals surface area contributed by atoms with Crippen molar-refractivity contribution in [3.05, 3.63) is 90.9 Å². The van der Waals surface area contributed by atoms with Crippen LogP contribution in [0.25, 0.3) is 11.1 Å². The number of thioether (sulfide) groups is 1. The van der Waals surface area contributed by atoms with Crippen LogP contribution in [-0.4, -0.2) is 41.1 Å². The fraction of sp³-hybridized carbons (Fsp3) is 0.387. The molecule has 0 radical (unpaired) electrons. The lowest BCUT2D eigenvalue weighted by Crippen LogP contribution is -2.26. The summed E-state index contributed by atoms with van der Waals surface area (Å²) in [7, 11) is 1.99. The summed E-state index contributed by atoms with van der Waals surface area (Å²) in [6, 6.07) is 17.3. The summed E-state index contributed by atoms with van der Waals surface area (Å²) in [6.07, 6.45) is 10.7. The lowest BCUT2D eigenvalue weighted by atomic mass is 9.95. The molecule has 1 aliphatic rings. The smallest absolute Gasteiger partial charge is 0.149 e. The van der Waals surface area contributed by atoms with Crippen LogP contribution in [0.2, 0.25) is 0 Å². The van der Waals surface area contributed by atoms with Crippen molar-refractivity contribution >= 4 is 17.5 Å². The maximum absolute atomic E-state index is 11.0. The summed E-state index contributed by atoms with van der Waals surface area (Å²) in [5.41, 5.74) is 6.51. The van der Waals surface area contributed by atoms with Crippen LogP contribution < -0.4 is 0 Å². The zero-order valence-electron chi connectivity index (χ0n) is 23.1. The lowest BCUT2D eigenvalue weighted by Gasteiger charge is -2.27. The number of aliphatic hydroxyl groups excluding tert-OH is 1. The second-order valence-electron chi connectivity index (χ2n) is 8.43. The Balaban J connectivity index is -0.000000494. The predicted octanol–water partition coefficient (Wildman–Crippen LogP) is 8.43. The predicted molar refractivity (Wildman–Crippen MR) is 162 cm³/mol. The van der Waals surface area contributed by atoms with Crippen molar-refractivity contribution in [1.82, 2.24) is 4.90 Å². The van der Waals surface area contributed by atoms with Crippen LogP contribution in [0.3, 0.4) is 0 Å². The summed E-state index contributed by atoms with van der Waals surface area (Å²) in [5.74, 6) is 0.217. The molecule has 0 atom stereocenters. The number of rotatable bonds is 6. The Hall–Kier alpha value is -2.76. The van der Waals surface area contributed by atoms with Gasteiger partial charge in [0.15, 0.2) is 0 Å². The fourth-order valence-corrected chi connectivity index (χ4v) is 4.01. The van der Waals surface area contributed by atoms with Crippen LogP contribution in [0.15, 0.2) is 90.2 Å². The van der Waals surface area contributed by atoms with Gasteiger partial charge in [-0.15, -0.1) is 11.8 Å². The third kappa shape index (κ3) is 14.6. The minimum atomic E-state index is 0. The number of benzene rings is 2. The quantitative estimate of drug-likeness (QED) is 0.309. The van der Waals surface area contributed by atoms with E-state index in [1.54, 1.807) is 18.7 Å². The average molecular weight is 516 g/mol. The Morgan fingerprint density at radius 2 is 1.64 bits per heavy atom. The van der Waals surface area contributed by atoms with E-state index in [9.17, 15) is 4.79 Å². The summed E-state index contributed by atoms with van der Waals surface area (Å²) >= 11 is 1.78. The van der Waals surface area contributed by atoms with Gasteiger partial charge in [-0.25, -0.2) is 0 Å². The third-order valence-electron chi connectivity index (χ3n) is 5.10. The normalized spacial score (nSPS) is 11.6. The van der Waals surface area contributed by atoms with E-state index < -0.39 is 0 Å². The highest BCUT2D eigenvalue weighted by Crippen LogP contribution is 2.27. The maximum atomic E-state index is 11.0. The van der Waals surface area contributed by atoms with Gasteiger partial charge in [0, 0.05) is 19.1 Å². The molecule has 202 valence electrons. The number of carbonyl (C=O) groups excluding carboxylic acids is 1. The topological polar surface area (TPSA) is 72.0 Å². The van der Waals surface area contributed by atoms with Crippen molar-refractivity contribution in [2.24, 2.45) is 0 Å². The third-order valence-corrected chi connectivity index (χ3v) is 5.83. The van der Waals surface area contributed by atoms with Gasteiger partial charge in [0.1, 0.15) is 5.78 Å². The molecule has 0 aliphatic heterocycles. The molecule has 3 N–H and O–H groups in total. The van der Waals surface area contributed by atoms with E-state index in [1.807, 2.05) is 13.1 Å². The first-order valence-electron chi connectivity index (χ1n) is 12.3. The van der Waals surface area contributed by atoms with Crippen molar-refractivity contribution in [2.45, 2.75) is 64.7 Å². The van der Waals surface area contributed by atoms with Gasteiger partial charge in [0.2, 0.25) is 0 Å². The molecule has 0 saturated carbocycles. The van der Waals surface area contributed by atoms with E-state index in [1.165, 1.54) is 52.1 Å². The molecular formula is C31H49NO3S. The number of aliphatic hydroxyl groups is 1. The number of nitrogens with zero attached hydrogens (tertiary/aromatic N) is 1. The first kappa shape index (κ1) is 35.4. The van der Waals surface area contributed by atoms with Crippen molar-refractivity contribution in [3.8, 4) is 11.1 Å². The molecule has 0 spiro atoms. The Kier molecular flexibility index (Phi) is 21.2. The average Bonchev–Trinajstić information content (AvgIpc) is 2.85. The zero-order valence-corrected chi connectivity index (χ0v) is 24.0. The Labute approximate surface area is 225 Å². The molecule has 3 rings (SSSR count). The van der Waals surface area contributed by atoms with Crippen molar-refractivity contribution in [2.75, 3.05) is 19.8 Å². The highest BCUT2D eigenvalue weighted by Gasteiger charge is 2.14. The fourth-order valence-electron chi connectivity index (χ4n) is 3.55. The Bertz CT molecular complexity index is 926. The number of hydrogen-bond donors (Lipinski definition) is 1. The van der Waals surface area contributed by atoms with Gasteiger partial charge in [-0.2, -0.15) is 0 Å². The molecule has 0 amide bonds. The van der Waals surface area contributed by atoms with Crippen LogP contribution >= 0.6 is 11.8 Å². The number of Topliss-reactive ketones (excluding diaryl/α,β-unsaturated/α-hetero) is 1. The molecular weight excluding hydrogens is 466 g/mol. The van der Waals surface area contributed by atoms with E-state index in [2.05, 4.69) is 93.6 Å². The van der Waals surface area contributed by atoms with Crippen LogP contribution in [0.1, 0.15) is 59.9 Å². The number of allylic oxidation sites excluding steroid dienone is 3. The van der Waals surface area contributed by atoms with E-state index in [4.69, 9.17) is 5.11 Å².